The number of benzene rings is 1. The van der Waals surface area contributed by atoms with Crippen LogP contribution in [0.4, 0.5) is 29.1 Å². The molecule has 1 aromatic carbocycles. The van der Waals surface area contributed by atoms with Crippen molar-refractivity contribution in [1.29, 1.82) is 0 Å². The lowest BCUT2D eigenvalue weighted by Gasteiger charge is -2.34. The lowest BCUT2D eigenvalue weighted by molar-refractivity contribution is 0.0647. The number of nitrogen functional groups attached to an aromatic ring is 1. The maximum Gasteiger partial charge on any atom is 0.319 e. The third-order valence-corrected chi connectivity index (χ3v) is 10.9. The van der Waals surface area contributed by atoms with Crippen molar-refractivity contribution in [3.05, 3.63) is 33.9 Å². The van der Waals surface area contributed by atoms with E-state index < -0.39 is 33.5 Å². The number of nitrogens with zero attached hydrogens (tertiary/aromatic N) is 5. The van der Waals surface area contributed by atoms with Crippen molar-refractivity contribution in [3.8, 4) is 17.3 Å². The summed E-state index contributed by atoms with van der Waals surface area (Å²) in [4.78, 5) is 17.7. The van der Waals surface area contributed by atoms with Crippen LogP contribution in [0.25, 0.3) is 22.2 Å². The second kappa shape index (κ2) is 9.42. The largest absolute Gasteiger partial charge is 0.461 e. The number of rotatable bonds is 5. The standard InChI is InChI=1S/C29H29Cl2F4N7O/c30-20-17(32)6-18(36)21(31)19(20)24-22(33)23-16(7-37-24)25(41-8-14-2-3-15(9-41)38-14)40-26(39-23)43-13-28-4-1-5-42(28)12-27(10-28)11-29(27,34)35/h6-7,14-15,38H,1-5,8-13,36H2/t14-,15+,27-,28-/m0/s1. The summed E-state index contributed by atoms with van der Waals surface area (Å²) in [6, 6.07) is 1.43. The van der Waals surface area contributed by atoms with Gasteiger partial charge >= 0.3 is 6.01 Å². The highest BCUT2D eigenvalue weighted by molar-refractivity contribution is 6.40. The number of alkyl halides is 2. The molecule has 6 heterocycles. The van der Waals surface area contributed by atoms with Crippen LogP contribution in [0.2, 0.25) is 10.0 Å². The van der Waals surface area contributed by atoms with Crippen LogP contribution < -0.4 is 20.7 Å². The van der Waals surface area contributed by atoms with Gasteiger partial charge in [-0.3, -0.25) is 9.88 Å². The van der Waals surface area contributed by atoms with E-state index in [2.05, 4.69) is 25.1 Å². The number of hydrogen-bond donors (Lipinski definition) is 2. The highest BCUT2D eigenvalue weighted by Crippen LogP contribution is 2.69. The summed E-state index contributed by atoms with van der Waals surface area (Å²) in [5, 5.41) is 3.38. The maximum absolute atomic E-state index is 16.4. The first-order valence-corrected chi connectivity index (χ1v) is 15.3. The molecule has 0 amide bonds. The molecule has 0 radical (unpaired) electrons. The molecule has 1 aliphatic carbocycles. The van der Waals surface area contributed by atoms with Gasteiger partial charge in [0.05, 0.1) is 32.1 Å². The van der Waals surface area contributed by atoms with Gasteiger partial charge in [-0.25, -0.2) is 17.6 Å². The fourth-order valence-electron chi connectivity index (χ4n) is 7.95. The highest BCUT2D eigenvalue weighted by Gasteiger charge is 2.77. The van der Waals surface area contributed by atoms with Crippen molar-refractivity contribution in [2.24, 2.45) is 5.41 Å². The highest BCUT2D eigenvalue weighted by atomic mass is 35.5. The number of nitrogens with two attached hydrogens (primary N) is 1. The number of pyridine rings is 1. The van der Waals surface area contributed by atoms with Crippen LogP contribution in [0.15, 0.2) is 12.3 Å². The number of hydrogen-bond acceptors (Lipinski definition) is 8. The second-order valence-corrected chi connectivity index (χ2v) is 13.6. The molecule has 1 spiro atoms. The number of piperazine rings is 1. The van der Waals surface area contributed by atoms with Crippen molar-refractivity contribution in [2.45, 2.75) is 62.1 Å². The van der Waals surface area contributed by atoms with E-state index in [1.165, 1.54) is 6.20 Å². The molecule has 3 N–H and O–H groups in total. The Bertz CT molecular complexity index is 1640. The topological polar surface area (TPSA) is 92.4 Å². The Labute approximate surface area is 254 Å². The van der Waals surface area contributed by atoms with E-state index in [1.54, 1.807) is 0 Å². The SMILES string of the molecule is Nc1cc(F)c(Cl)c(-c2ncc3c(N4C[C@H]5CC[C@@H](C4)N5)nc(OC[C@@]45CCCN4C[C@@]4(CC4(F)F)C5)nc3c2F)c1Cl. The van der Waals surface area contributed by atoms with E-state index in [9.17, 15) is 13.2 Å². The Balaban J connectivity index is 1.21. The minimum absolute atomic E-state index is 0.0647. The van der Waals surface area contributed by atoms with Crippen LogP contribution >= 0.6 is 23.2 Å². The molecule has 5 fully saturated rings. The van der Waals surface area contributed by atoms with Crippen LogP contribution in [0, 0.1) is 17.0 Å². The lowest BCUT2D eigenvalue weighted by atomic mass is 9.89. The summed E-state index contributed by atoms with van der Waals surface area (Å²) >= 11 is 12.6. The molecule has 2 bridgehead atoms. The number of halogens is 6. The van der Waals surface area contributed by atoms with E-state index >= 15 is 4.39 Å². The van der Waals surface area contributed by atoms with Gasteiger partial charge in [-0.2, -0.15) is 9.97 Å². The minimum Gasteiger partial charge on any atom is -0.461 e. The minimum atomic E-state index is -2.66. The molecule has 1 saturated carbocycles. The Morgan fingerprint density at radius 3 is 2.56 bits per heavy atom. The molecule has 4 atom stereocenters. The number of fused-ring (bicyclic) bond motifs is 4. The van der Waals surface area contributed by atoms with Gasteiger partial charge in [-0.05, 0) is 44.7 Å². The van der Waals surface area contributed by atoms with Gasteiger partial charge in [-0.1, -0.05) is 23.2 Å². The van der Waals surface area contributed by atoms with Crippen molar-refractivity contribution >= 4 is 45.6 Å². The Hall–Kier alpha value is -2.67. The molecule has 8 rings (SSSR count). The van der Waals surface area contributed by atoms with Gasteiger partial charge < -0.3 is 20.7 Å². The predicted molar refractivity (Wildman–Crippen MR) is 155 cm³/mol. The van der Waals surface area contributed by atoms with Gasteiger partial charge in [0.2, 0.25) is 0 Å². The van der Waals surface area contributed by atoms with Gasteiger partial charge in [0.15, 0.2) is 5.82 Å². The smallest absolute Gasteiger partial charge is 0.319 e. The van der Waals surface area contributed by atoms with Gasteiger partial charge in [0, 0.05) is 49.9 Å². The van der Waals surface area contributed by atoms with Crippen molar-refractivity contribution < 1.29 is 22.3 Å². The van der Waals surface area contributed by atoms with E-state index in [1.807, 2.05) is 0 Å². The van der Waals surface area contributed by atoms with Crippen LogP contribution in [0.1, 0.15) is 38.5 Å². The van der Waals surface area contributed by atoms with Gasteiger partial charge in [-0.15, -0.1) is 0 Å². The number of ether oxygens (including phenoxy) is 1. The first-order valence-electron chi connectivity index (χ1n) is 14.6. The van der Waals surface area contributed by atoms with E-state index in [-0.39, 0.29) is 58.6 Å². The third-order valence-electron chi connectivity index (χ3n) is 10.2. The van der Waals surface area contributed by atoms with E-state index in [0.717, 1.165) is 38.3 Å². The molecular weight excluding hydrogens is 609 g/mol. The Kier molecular flexibility index (Phi) is 6.10. The molecule has 228 valence electrons. The number of anilines is 2. The molecular formula is C29H29Cl2F4N7O. The molecule has 0 unspecified atom stereocenters. The molecule has 5 aliphatic rings. The van der Waals surface area contributed by atoms with Gasteiger partial charge in [0.1, 0.15) is 29.5 Å². The van der Waals surface area contributed by atoms with E-state index in [0.29, 0.717) is 37.3 Å². The van der Waals surface area contributed by atoms with Crippen molar-refractivity contribution in [1.82, 2.24) is 25.2 Å². The molecule has 4 aliphatic heterocycles. The zero-order chi connectivity index (χ0) is 29.9. The summed E-state index contributed by atoms with van der Waals surface area (Å²) in [7, 11) is 0. The summed E-state index contributed by atoms with van der Waals surface area (Å²) in [5.41, 5.74) is 3.63. The fourth-order valence-corrected chi connectivity index (χ4v) is 8.48. The summed E-state index contributed by atoms with van der Waals surface area (Å²) in [6.07, 6.45) is 5.33. The molecule has 4 saturated heterocycles. The van der Waals surface area contributed by atoms with Crippen LogP contribution in [-0.4, -0.2) is 76.2 Å². The average molecular weight is 638 g/mol. The second-order valence-electron chi connectivity index (χ2n) is 12.9. The summed E-state index contributed by atoms with van der Waals surface area (Å²) in [6.45, 7) is 2.49. The molecule has 8 nitrogen and oxygen atoms in total. The molecule has 2 aromatic heterocycles. The number of nitrogens with one attached hydrogen (secondary N) is 1. The van der Waals surface area contributed by atoms with Crippen molar-refractivity contribution in [3.63, 3.8) is 0 Å². The average Bonchev–Trinajstić information content (AvgIpc) is 3.30. The molecule has 43 heavy (non-hydrogen) atoms. The van der Waals surface area contributed by atoms with Crippen LogP contribution in [0.5, 0.6) is 6.01 Å². The quantitative estimate of drug-likeness (QED) is 0.217. The Morgan fingerprint density at radius 1 is 1.09 bits per heavy atom. The van der Waals surface area contributed by atoms with Crippen molar-refractivity contribution in [2.75, 3.05) is 43.4 Å². The molecule has 14 heteroatoms. The zero-order valence-electron chi connectivity index (χ0n) is 23.1. The first-order chi connectivity index (χ1) is 20.5. The number of aromatic nitrogens is 3. The van der Waals surface area contributed by atoms with E-state index in [4.69, 9.17) is 38.7 Å². The third kappa shape index (κ3) is 4.19. The van der Waals surface area contributed by atoms with Crippen LogP contribution in [0.3, 0.4) is 0 Å². The predicted octanol–water partition coefficient (Wildman–Crippen LogP) is 5.44. The molecule has 3 aromatic rings. The van der Waals surface area contributed by atoms with Crippen LogP contribution in [-0.2, 0) is 0 Å². The maximum atomic E-state index is 16.4. The summed E-state index contributed by atoms with van der Waals surface area (Å²) in [5.74, 6) is -3.94. The monoisotopic (exact) mass is 637 g/mol. The summed E-state index contributed by atoms with van der Waals surface area (Å²) < 4.78 is 65.9. The first kappa shape index (κ1) is 27.8. The zero-order valence-corrected chi connectivity index (χ0v) is 24.6. The fraction of sp³-hybridized carbons (Fsp3) is 0.552. The lowest BCUT2D eigenvalue weighted by Crippen LogP contribution is -2.51. The van der Waals surface area contributed by atoms with Gasteiger partial charge in [0.25, 0.3) is 5.92 Å². The normalized spacial score (nSPS) is 30.9. The Morgan fingerprint density at radius 2 is 1.84 bits per heavy atom.